The molecule has 0 bridgehead atoms. The predicted molar refractivity (Wildman–Crippen MR) is 60.8 cm³/mol. The normalized spacial score (nSPS) is 10.6. The second kappa shape index (κ2) is 3.89. The van der Waals surface area contributed by atoms with Crippen molar-refractivity contribution in [1.29, 1.82) is 0 Å². The van der Waals surface area contributed by atoms with Gasteiger partial charge in [-0.05, 0) is 19.1 Å². The molecule has 1 aromatic heterocycles. The number of nitrogens with zero attached hydrogens (tertiary/aromatic N) is 2. The highest BCUT2D eigenvalue weighted by atomic mass is 19.1. The van der Waals surface area contributed by atoms with E-state index in [2.05, 4.69) is 11.6 Å². The minimum atomic E-state index is -0.536. The Labute approximate surface area is 91.9 Å². The molecule has 0 aliphatic rings. The second-order valence-electron chi connectivity index (χ2n) is 3.77. The third-order valence-electron chi connectivity index (χ3n) is 2.24. The first-order chi connectivity index (χ1) is 7.59. The second-order valence-corrected chi connectivity index (χ2v) is 3.77. The van der Waals surface area contributed by atoms with Crippen LogP contribution in [0.15, 0.2) is 41.5 Å². The molecule has 0 aliphatic carbocycles. The zero-order valence-corrected chi connectivity index (χ0v) is 8.90. The summed E-state index contributed by atoms with van der Waals surface area (Å²) in [6, 6.07) is 4.41. The van der Waals surface area contributed by atoms with Crippen molar-refractivity contribution in [2.75, 3.05) is 0 Å². The molecule has 0 amide bonds. The fourth-order valence-corrected chi connectivity index (χ4v) is 1.56. The maximum absolute atomic E-state index is 13.5. The summed E-state index contributed by atoms with van der Waals surface area (Å²) in [4.78, 5) is 16.0. The fraction of sp³-hybridized carbons (Fsp3) is 0.167. The lowest BCUT2D eigenvalue weighted by atomic mass is 10.2. The van der Waals surface area contributed by atoms with Crippen LogP contribution in [0.2, 0.25) is 0 Å². The Bertz CT molecular complexity index is 616. The van der Waals surface area contributed by atoms with Crippen molar-refractivity contribution in [3.8, 4) is 0 Å². The number of hydrogen-bond acceptors (Lipinski definition) is 2. The largest absolute Gasteiger partial charge is 0.294 e. The molecule has 0 saturated carbocycles. The van der Waals surface area contributed by atoms with E-state index in [9.17, 15) is 9.18 Å². The standard InChI is InChI=1S/C12H11FN2O/c1-8(2)6-15-7-14-10-5-3-4-9(13)11(10)12(15)16/h3-5,7H,1,6H2,2H3. The molecular formula is C12H11FN2O. The molecule has 0 atom stereocenters. The van der Waals surface area contributed by atoms with E-state index in [1.807, 2.05) is 0 Å². The number of benzene rings is 1. The number of halogens is 1. The summed E-state index contributed by atoms with van der Waals surface area (Å²) in [7, 11) is 0. The number of rotatable bonds is 2. The number of aromatic nitrogens is 2. The first-order valence-corrected chi connectivity index (χ1v) is 4.87. The third kappa shape index (κ3) is 1.74. The van der Waals surface area contributed by atoms with Crippen molar-refractivity contribution in [3.05, 3.63) is 52.8 Å². The van der Waals surface area contributed by atoms with Crippen molar-refractivity contribution in [1.82, 2.24) is 9.55 Å². The Balaban J connectivity index is 2.73. The van der Waals surface area contributed by atoms with E-state index in [-0.39, 0.29) is 10.9 Å². The van der Waals surface area contributed by atoms with Gasteiger partial charge in [0.2, 0.25) is 0 Å². The fourth-order valence-electron chi connectivity index (χ4n) is 1.56. The van der Waals surface area contributed by atoms with Crippen LogP contribution in [0.5, 0.6) is 0 Å². The van der Waals surface area contributed by atoms with Crippen molar-refractivity contribution in [2.45, 2.75) is 13.5 Å². The smallest absolute Gasteiger partial charge is 0.264 e. The van der Waals surface area contributed by atoms with Crippen molar-refractivity contribution < 1.29 is 4.39 Å². The quantitative estimate of drug-likeness (QED) is 0.723. The molecule has 1 heterocycles. The monoisotopic (exact) mass is 218 g/mol. The average Bonchev–Trinajstić information content (AvgIpc) is 2.22. The molecule has 0 N–H and O–H groups in total. The van der Waals surface area contributed by atoms with Crippen LogP contribution in [0.25, 0.3) is 10.9 Å². The average molecular weight is 218 g/mol. The van der Waals surface area contributed by atoms with Crippen LogP contribution in [0.4, 0.5) is 4.39 Å². The molecule has 16 heavy (non-hydrogen) atoms. The maximum Gasteiger partial charge on any atom is 0.264 e. The van der Waals surface area contributed by atoms with Gasteiger partial charge in [0.15, 0.2) is 0 Å². The van der Waals surface area contributed by atoms with Gasteiger partial charge in [0.05, 0.1) is 11.8 Å². The summed E-state index contributed by atoms with van der Waals surface area (Å²) < 4.78 is 14.8. The summed E-state index contributed by atoms with van der Waals surface area (Å²) in [5.41, 5.74) is 0.827. The van der Waals surface area contributed by atoms with Gasteiger partial charge in [-0.2, -0.15) is 0 Å². The van der Waals surface area contributed by atoms with Crippen molar-refractivity contribution >= 4 is 10.9 Å². The minimum Gasteiger partial charge on any atom is -0.294 e. The van der Waals surface area contributed by atoms with E-state index in [1.54, 1.807) is 13.0 Å². The Hall–Kier alpha value is -1.97. The lowest BCUT2D eigenvalue weighted by Crippen LogP contribution is -2.21. The highest BCUT2D eigenvalue weighted by molar-refractivity contribution is 5.77. The van der Waals surface area contributed by atoms with E-state index in [4.69, 9.17) is 0 Å². The molecular weight excluding hydrogens is 207 g/mol. The summed E-state index contributed by atoms with van der Waals surface area (Å²) in [5.74, 6) is -0.536. The molecule has 3 nitrogen and oxygen atoms in total. The molecule has 1 aromatic carbocycles. The Morgan fingerprint density at radius 2 is 2.31 bits per heavy atom. The van der Waals surface area contributed by atoms with E-state index in [0.29, 0.717) is 12.1 Å². The van der Waals surface area contributed by atoms with Crippen LogP contribution in [-0.2, 0) is 6.54 Å². The molecule has 0 fully saturated rings. The van der Waals surface area contributed by atoms with Crippen LogP contribution < -0.4 is 5.56 Å². The Kier molecular flexibility index (Phi) is 2.56. The molecule has 2 aromatic rings. The van der Waals surface area contributed by atoms with Crippen LogP contribution in [0, 0.1) is 5.82 Å². The van der Waals surface area contributed by atoms with Crippen LogP contribution in [0.3, 0.4) is 0 Å². The first-order valence-electron chi connectivity index (χ1n) is 4.87. The van der Waals surface area contributed by atoms with E-state index in [0.717, 1.165) is 5.57 Å². The van der Waals surface area contributed by atoms with Crippen LogP contribution in [-0.4, -0.2) is 9.55 Å². The molecule has 0 saturated heterocycles. The van der Waals surface area contributed by atoms with Gasteiger partial charge in [-0.25, -0.2) is 9.37 Å². The van der Waals surface area contributed by atoms with Gasteiger partial charge in [0.25, 0.3) is 5.56 Å². The van der Waals surface area contributed by atoms with Gasteiger partial charge >= 0.3 is 0 Å². The van der Waals surface area contributed by atoms with Gasteiger partial charge in [-0.3, -0.25) is 9.36 Å². The number of fused-ring (bicyclic) bond motifs is 1. The molecule has 2 rings (SSSR count). The summed E-state index contributed by atoms with van der Waals surface area (Å²) in [5, 5.41) is 0.0336. The summed E-state index contributed by atoms with van der Waals surface area (Å²) in [6.45, 7) is 5.87. The highest BCUT2D eigenvalue weighted by Gasteiger charge is 2.08. The molecule has 0 aliphatic heterocycles. The molecule has 82 valence electrons. The summed E-state index contributed by atoms with van der Waals surface area (Å²) in [6.07, 6.45) is 1.42. The predicted octanol–water partition coefficient (Wildman–Crippen LogP) is 2.11. The molecule has 0 unspecified atom stereocenters. The lowest BCUT2D eigenvalue weighted by molar-refractivity contribution is 0.634. The van der Waals surface area contributed by atoms with Gasteiger partial charge in [0.1, 0.15) is 11.2 Å². The maximum atomic E-state index is 13.5. The molecule has 0 spiro atoms. The van der Waals surface area contributed by atoms with Gasteiger partial charge in [-0.15, -0.1) is 0 Å². The van der Waals surface area contributed by atoms with E-state index < -0.39 is 5.82 Å². The zero-order valence-electron chi connectivity index (χ0n) is 8.90. The van der Waals surface area contributed by atoms with Gasteiger partial charge < -0.3 is 0 Å². The van der Waals surface area contributed by atoms with Crippen molar-refractivity contribution in [2.24, 2.45) is 0 Å². The SMILES string of the molecule is C=C(C)Cn1cnc2cccc(F)c2c1=O. The first kappa shape index (κ1) is 10.5. The van der Waals surface area contributed by atoms with Crippen molar-refractivity contribution in [3.63, 3.8) is 0 Å². The Morgan fingerprint density at radius 3 is 3.00 bits per heavy atom. The van der Waals surface area contributed by atoms with E-state index in [1.165, 1.54) is 23.0 Å². The van der Waals surface area contributed by atoms with E-state index >= 15 is 0 Å². The van der Waals surface area contributed by atoms with Gasteiger partial charge in [0, 0.05) is 6.54 Å². The van der Waals surface area contributed by atoms with Crippen LogP contribution in [0.1, 0.15) is 6.92 Å². The Morgan fingerprint density at radius 1 is 1.56 bits per heavy atom. The number of allylic oxidation sites excluding steroid dienone is 1. The highest BCUT2D eigenvalue weighted by Crippen LogP contribution is 2.10. The topological polar surface area (TPSA) is 34.9 Å². The lowest BCUT2D eigenvalue weighted by Gasteiger charge is -2.06. The molecule has 0 radical (unpaired) electrons. The zero-order chi connectivity index (χ0) is 11.7. The minimum absolute atomic E-state index is 0.0336. The third-order valence-corrected chi connectivity index (χ3v) is 2.24. The van der Waals surface area contributed by atoms with Crippen LogP contribution >= 0.6 is 0 Å². The summed E-state index contributed by atoms with van der Waals surface area (Å²) >= 11 is 0. The number of hydrogen-bond donors (Lipinski definition) is 0. The molecule has 4 heteroatoms. The van der Waals surface area contributed by atoms with Gasteiger partial charge in [-0.1, -0.05) is 18.2 Å².